The molecule has 0 fully saturated rings. The summed E-state index contributed by atoms with van der Waals surface area (Å²) in [5, 5.41) is 12.3. The van der Waals surface area contributed by atoms with Crippen molar-refractivity contribution in [3.8, 4) is 5.75 Å². The average molecular weight is 445 g/mol. The van der Waals surface area contributed by atoms with Gasteiger partial charge in [0.2, 0.25) is 0 Å². The first-order valence-corrected chi connectivity index (χ1v) is 11.7. The number of amides is 1. The van der Waals surface area contributed by atoms with Gasteiger partial charge in [-0.1, -0.05) is 77.3 Å². The van der Waals surface area contributed by atoms with E-state index in [4.69, 9.17) is 4.74 Å². The summed E-state index contributed by atoms with van der Waals surface area (Å²) in [6.07, 6.45) is 1.58. The molecule has 0 saturated heterocycles. The van der Waals surface area contributed by atoms with Gasteiger partial charge in [0.15, 0.2) is 8.68 Å². The summed E-state index contributed by atoms with van der Waals surface area (Å²) in [5.41, 5.74) is 4.58. The van der Waals surface area contributed by atoms with E-state index in [1.165, 1.54) is 28.7 Å². The molecule has 2 aromatic carbocycles. The maximum absolute atomic E-state index is 12.0. The van der Waals surface area contributed by atoms with Gasteiger partial charge in [-0.3, -0.25) is 4.79 Å². The lowest BCUT2D eigenvalue weighted by Gasteiger charge is -2.05. The molecule has 0 aliphatic rings. The Kier molecular flexibility index (Phi) is 8.54. The summed E-state index contributed by atoms with van der Waals surface area (Å²) in [6.45, 7) is 2.49. The van der Waals surface area contributed by atoms with Crippen molar-refractivity contribution in [3.63, 3.8) is 0 Å². The molecule has 0 aliphatic heterocycles. The average Bonchev–Trinajstić information content (AvgIpc) is 3.21. The van der Waals surface area contributed by atoms with E-state index in [9.17, 15) is 4.79 Å². The fourth-order valence-corrected chi connectivity index (χ4v) is 5.01. The molecule has 0 saturated carbocycles. The summed E-state index contributed by atoms with van der Waals surface area (Å²) in [4.78, 5) is 12.0. The second-order valence-corrected chi connectivity index (χ2v) is 9.08. The van der Waals surface area contributed by atoms with Crippen LogP contribution in [0.2, 0.25) is 0 Å². The van der Waals surface area contributed by atoms with Crippen LogP contribution < -0.4 is 10.2 Å². The molecule has 3 rings (SSSR count). The van der Waals surface area contributed by atoms with E-state index in [0.717, 1.165) is 25.7 Å². The lowest BCUT2D eigenvalue weighted by molar-refractivity contribution is -0.118. The molecule has 0 atom stereocenters. The van der Waals surface area contributed by atoms with Crippen LogP contribution >= 0.6 is 34.9 Å². The first-order chi connectivity index (χ1) is 14.2. The summed E-state index contributed by atoms with van der Waals surface area (Å²) < 4.78 is 7.18. The minimum Gasteiger partial charge on any atom is -0.493 e. The molecule has 0 spiro atoms. The summed E-state index contributed by atoms with van der Waals surface area (Å²) >= 11 is 4.48. The van der Waals surface area contributed by atoms with Gasteiger partial charge in [-0.2, -0.15) is 5.10 Å². The maximum Gasteiger partial charge on any atom is 0.250 e. The smallest absolute Gasteiger partial charge is 0.250 e. The highest BCUT2D eigenvalue weighted by Crippen LogP contribution is 2.30. The normalized spacial score (nSPS) is 10.9. The first kappa shape index (κ1) is 21.4. The quantitative estimate of drug-likeness (QED) is 0.282. The van der Waals surface area contributed by atoms with Crippen LogP contribution in [0.3, 0.4) is 0 Å². The van der Waals surface area contributed by atoms with E-state index in [2.05, 4.69) is 32.9 Å². The van der Waals surface area contributed by atoms with Crippen LogP contribution in [0.25, 0.3) is 0 Å². The van der Waals surface area contributed by atoms with E-state index < -0.39 is 0 Å². The van der Waals surface area contributed by atoms with E-state index in [1.807, 2.05) is 49.4 Å². The van der Waals surface area contributed by atoms with Crippen LogP contribution in [0.5, 0.6) is 5.75 Å². The fourth-order valence-electron chi connectivity index (χ4n) is 2.24. The largest absolute Gasteiger partial charge is 0.493 e. The number of carbonyl (C=O) groups is 1. The lowest BCUT2D eigenvalue weighted by Crippen LogP contribution is -2.19. The summed E-state index contributed by atoms with van der Waals surface area (Å²) in [7, 11) is 0. The number of hydrogen-bond acceptors (Lipinski definition) is 8. The van der Waals surface area contributed by atoms with Gasteiger partial charge in [0.1, 0.15) is 5.75 Å². The topological polar surface area (TPSA) is 76.5 Å². The van der Waals surface area contributed by atoms with Crippen LogP contribution in [0, 0.1) is 0 Å². The maximum atomic E-state index is 12.0. The predicted octanol–water partition coefficient (Wildman–Crippen LogP) is 4.47. The Morgan fingerprint density at radius 1 is 1.10 bits per heavy atom. The monoisotopic (exact) mass is 444 g/mol. The second-order valence-electron chi connectivity index (χ2n) is 5.66. The molecule has 0 radical (unpaired) electrons. The van der Waals surface area contributed by atoms with E-state index >= 15 is 0 Å². The number of para-hydroxylation sites is 1. The third kappa shape index (κ3) is 7.19. The number of carbonyl (C=O) groups excluding carboxylic acids is 1. The van der Waals surface area contributed by atoms with Crippen LogP contribution in [-0.2, 0) is 10.5 Å². The van der Waals surface area contributed by atoms with Crippen molar-refractivity contribution in [1.82, 2.24) is 15.6 Å². The number of nitrogens with one attached hydrogen (secondary N) is 1. The van der Waals surface area contributed by atoms with Gasteiger partial charge in [-0.15, -0.1) is 10.2 Å². The zero-order valence-electron chi connectivity index (χ0n) is 15.8. The highest BCUT2D eigenvalue weighted by molar-refractivity contribution is 8.03. The Balaban J connectivity index is 1.42. The molecule has 1 aromatic heterocycles. The molecule has 0 unspecified atom stereocenters. The number of thioether (sulfide) groups is 2. The Hall–Kier alpha value is -2.36. The van der Waals surface area contributed by atoms with Gasteiger partial charge in [0, 0.05) is 11.3 Å². The molecular formula is C20H20N4O2S3. The molecular weight excluding hydrogens is 424 g/mol. The van der Waals surface area contributed by atoms with Gasteiger partial charge < -0.3 is 4.74 Å². The van der Waals surface area contributed by atoms with Crippen molar-refractivity contribution in [2.75, 3.05) is 12.4 Å². The fraction of sp³-hybridized carbons (Fsp3) is 0.200. The van der Waals surface area contributed by atoms with E-state index in [1.54, 1.807) is 18.0 Å². The van der Waals surface area contributed by atoms with Crippen molar-refractivity contribution >= 4 is 47.0 Å². The Morgan fingerprint density at radius 2 is 1.83 bits per heavy atom. The number of hydrazone groups is 1. The van der Waals surface area contributed by atoms with Crippen molar-refractivity contribution in [3.05, 3.63) is 65.7 Å². The molecule has 150 valence electrons. The van der Waals surface area contributed by atoms with Gasteiger partial charge in [0.25, 0.3) is 5.91 Å². The highest BCUT2D eigenvalue weighted by Gasteiger charge is 2.08. The summed E-state index contributed by atoms with van der Waals surface area (Å²) in [5.74, 6) is 1.60. The van der Waals surface area contributed by atoms with Crippen LogP contribution in [0.4, 0.5) is 0 Å². The minimum atomic E-state index is -0.200. The molecule has 1 N–H and O–H groups in total. The van der Waals surface area contributed by atoms with Crippen LogP contribution in [0.1, 0.15) is 18.1 Å². The SMILES string of the molecule is CCOc1ccccc1/C=N/NC(=O)CSc1nnc(SCc2ccccc2)s1. The molecule has 1 heterocycles. The lowest BCUT2D eigenvalue weighted by atomic mass is 10.2. The zero-order chi connectivity index (χ0) is 20.3. The molecule has 0 aliphatic carbocycles. The molecule has 1 amide bonds. The van der Waals surface area contributed by atoms with E-state index in [-0.39, 0.29) is 11.7 Å². The summed E-state index contributed by atoms with van der Waals surface area (Å²) in [6, 6.07) is 17.7. The second kappa shape index (κ2) is 11.6. The number of nitrogens with zero attached hydrogens (tertiary/aromatic N) is 3. The number of rotatable bonds is 10. The highest BCUT2D eigenvalue weighted by atomic mass is 32.2. The zero-order valence-corrected chi connectivity index (χ0v) is 18.2. The van der Waals surface area contributed by atoms with Gasteiger partial charge in [-0.25, -0.2) is 5.43 Å². The molecule has 9 heteroatoms. The third-order valence-electron chi connectivity index (χ3n) is 3.53. The van der Waals surface area contributed by atoms with Crippen molar-refractivity contribution in [2.45, 2.75) is 21.4 Å². The Bertz CT molecular complexity index is 948. The van der Waals surface area contributed by atoms with Crippen molar-refractivity contribution in [1.29, 1.82) is 0 Å². The molecule has 0 bridgehead atoms. The number of hydrogen-bond donors (Lipinski definition) is 1. The van der Waals surface area contributed by atoms with Crippen LogP contribution in [0.15, 0.2) is 68.4 Å². The number of aromatic nitrogens is 2. The molecule has 6 nitrogen and oxygen atoms in total. The van der Waals surface area contributed by atoms with Crippen LogP contribution in [-0.4, -0.2) is 34.7 Å². The van der Waals surface area contributed by atoms with Gasteiger partial charge in [0.05, 0.1) is 18.6 Å². The first-order valence-electron chi connectivity index (χ1n) is 8.91. The predicted molar refractivity (Wildman–Crippen MR) is 120 cm³/mol. The molecule has 29 heavy (non-hydrogen) atoms. The minimum absolute atomic E-state index is 0.200. The third-order valence-corrected chi connectivity index (χ3v) is 6.79. The molecule has 3 aromatic rings. The van der Waals surface area contributed by atoms with Gasteiger partial charge >= 0.3 is 0 Å². The van der Waals surface area contributed by atoms with Crippen molar-refractivity contribution in [2.24, 2.45) is 5.10 Å². The Morgan fingerprint density at radius 3 is 2.62 bits per heavy atom. The Labute approximate surface area is 182 Å². The standard InChI is InChI=1S/C20H20N4O2S3/c1-2-26-17-11-7-6-10-16(17)12-21-22-18(25)14-28-20-24-23-19(29-20)27-13-15-8-4-3-5-9-15/h3-12H,2,13-14H2,1H3,(H,22,25)/b21-12+. The van der Waals surface area contributed by atoms with Gasteiger partial charge in [-0.05, 0) is 24.6 Å². The number of ether oxygens (including phenoxy) is 1. The number of benzene rings is 2. The van der Waals surface area contributed by atoms with Crippen molar-refractivity contribution < 1.29 is 9.53 Å². The van der Waals surface area contributed by atoms with E-state index in [0.29, 0.717) is 6.61 Å².